The van der Waals surface area contributed by atoms with Gasteiger partial charge in [0.05, 0.1) is 13.2 Å². The van der Waals surface area contributed by atoms with Crippen LogP contribution in [0.15, 0.2) is 36.9 Å². The van der Waals surface area contributed by atoms with Crippen molar-refractivity contribution in [3.05, 3.63) is 64.6 Å². The smallest absolute Gasteiger partial charge is 0.378 e. The minimum atomic E-state index is -4.69. The summed E-state index contributed by atoms with van der Waals surface area (Å²) in [7, 11) is 0. The van der Waals surface area contributed by atoms with Gasteiger partial charge in [0, 0.05) is 59.2 Å². The van der Waals surface area contributed by atoms with E-state index in [0.717, 1.165) is 28.5 Å². The molecule has 1 atom stereocenters. The van der Waals surface area contributed by atoms with Crippen molar-refractivity contribution in [1.82, 2.24) is 29.9 Å². The molecule has 2 aliphatic heterocycles. The number of nitrogens with zero attached hydrogens (tertiary/aromatic N) is 7. The van der Waals surface area contributed by atoms with Gasteiger partial charge >= 0.3 is 6.18 Å². The third kappa shape index (κ3) is 4.09. The first kappa shape index (κ1) is 22.9. The molecule has 0 amide bonds. The Morgan fingerprint density at radius 3 is 2.53 bits per heavy atom. The molecule has 1 aromatic carbocycles. The maximum atomic E-state index is 13.4. The first-order valence-electron chi connectivity index (χ1n) is 11.4. The molecule has 0 radical (unpaired) electrons. The lowest BCUT2D eigenvalue weighted by Gasteiger charge is -2.36. The zero-order chi connectivity index (χ0) is 24.9. The van der Waals surface area contributed by atoms with E-state index in [1.807, 2.05) is 17.0 Å². The Bertz CT molecular complexity index is 1410. The number of anilines is 2. The van der Waals surface area contributed by atoms with Crippen LogP contribution in [0, 0.1) is 0 Å². The summed E-state index contributed by atoms with van der Waals surface area (Å²) in [4.78, 5) is 27.5. The van der Waals surface area contributed by atoms with Crippen LogP contribution in [0.2, 0.25) is 5.02 Å². The summed E-state index contributed by atoms with van der Waals surface area (Å²) in [5.41, 5.74) is 3.43. The minimum Gasteiger partial charge on any atom is -0.378 e. The Balaban J connectivity index is 1.45. The number of halogens is 4. The summed E-state index contributed by atoms with van der Waals surface area (Å²) < 4.78 is 45.5. The number of ether oxygens (including phenoxy) is 1. The van der Waals surface area contributed by atoms with Crippen molar-refractivity contribution in [2.75, 3.05) is 42.6 Å². The second-order valence-corrected chi connectivity index (χ2v) is 9.01. The number of morpholine rings is 1. The summed E-state index contributed by atoms with van der Waals surface area (Å²) in [6.45, 7) is 2.95. The molecule has 36 heavy (non-hydrogen) atoms. The van der Waals surface area contributed by atoms with Crippen molar-refractivity contribution in [1.29, 1.82) is 0 Å². The van der Waals surface area contributed by atoms with E-state index in [1.54, 1.807) is 23.4 Å². The van der Waals surface area contributed by atoms with Gasteiger partial charge in [-0.1, -0.05) is 11.6 Å². The SMILES string of the molecule is FC(F)(F)c1ncnc(N2CCc3c([nH]c4ccc(Cl)cc34)[C@@H]2c2cnc(N3CCOCC3)nc2)n1. The molecular weight excluding hydrogens is 497 g/mol. The molecule has 0 spiro atoms. The molecule has 13 heteroatoms. The summed E-state index contributed by atoms with van der Waals surface area (Å²) in [5, 5.41) is 1.58. The lowest BCUT2D eigenvalue weighted by molar-refractivity contribution is -0.145. The molecule has 9 nitrogen and oxygen atoms in total. The quantitative estimate of drug-likeness (QED) is 0.439. The van der Waals surface area contributed by atoms with Crippen LogP contribution < -0.4 is 9.80 Å². The zero-order valence-corrected chi connectivity index (χ0v) is 19.6. The minimum absolute atomic E-state index is 0.0677. The van der Waals surface area contributed by atoms with Crippen molar-refractivity contribution in [3.8, 4) is 0 Å². The van der Waals surface area contributed by atoms with Crippen LogP contribution in [0.4, 0.5) is 25.1 Å². The molecule has 0 saturated carbocycles. The highest BCUT2D eigenvalue weighted by Gasteiger charge is 2.38. The van der Waals surface area contributed by atoms with Gasteiger partial charge in [-0.25, -0.2) is 19.9 Å². The highest BCUT2D eigenvalue weighted by Crippen LogP contribution is 2.40. The van der Waals surface area contributed by atoms with Crippen LogP contribution >= 0.6 is 11.6 Å². The third-order valence-electron chi connectivity index (χ3n) is 6.43. The molecule has 5 heterocycles. The summed E-state index contributed by atoms with van der Waals surface area (Å²) in [6.07, 6.45) is 0.172. The topological polar surface area (TPSA) is 96.0 Å². The summed E-state index contributed by atoms with van der Waals surface area (Å²) in [5.74, 6) is -0.728. The Morgan fingerprint density at radius 2 is 1.78 bits per heavy atom. The lowest BCUT2D eigenvalue weighted by Crippen LogP contribution is -2.39. The average Bonchev–Trinajstić information content (AvgIpc) is 3.26. The lowest BCUT2D eigenvalue weighted by atomic mass is 9.94. The Hall–Kier alpha value is -3.51. The van der Waals surface area contributed by atoms with Crippen LogP contribution in [-0.4, -0.2) is 62.8 Å². The molecule has 1 N–H and O–H groups in total. The van der Waals surface area contributed by atoms with E-state index in [-0.39, 0.29) is 5.95 Å². The van der Waals surface area contributed by atoms with Gasteiger partial charge in [0.2, 0.25) is 17.7 Å². The van der Waals surface area contributed by atoms with E-state index in [4.69, 9.17) is 16.3 Å². The predicted octanol–water partition coefficient (Wildman–Crippen LogP) is 3.80. The number of alkyl halides is 3. The fourth-order valence-electron chi connectivity index (χ4n) is 4.78. The standard InChI is InChI=1S/C23H20ClF3N8O/c24-14-1-2-17-16(9-14)15-3-4-35(22-31-12-30-20(33-22)23(25,26)27)19(18(15)32-17)13-10-28-21(29-11-13)34-5-7-36-8-6-34/h1-2,9-12,19,32H,3-8H2/t19-/m0/s1. The van der Waals surface area contributed by atoms with Gasteiger partial charge in [-0.3, -0.25) is 0 Å². The average molecular weight is 517 g/mol. The monoisotopic (exact) mass is 516 g/mol. The highest BCUT2D eigenvalue weighted by molar-refractivity contribution is 6.31. The number of aromatic amines is 1. The summed E-state index contributed by atoms with van der Waals surface area (Å²) >= 11 is 6.26. The van der Waals surface area contributed by atoms with Crippen molar-refractivity contribution in [3.63, 3.8) is 0 Å². The predicted molar refractivity (Wildman–Crippen MR) is 126 cm³/mol. The molecule has 4 aromatic rings. The third-order valence-corrected chi connectivity index (χ3v) is 6.66. The molecule has 1 saturated heterocycles. The number of rotatable bonds is 3. The Morgan fingerprint density at radius 1 is 1.00 bits per heavy atom. The van der Waals surface area contributed by atoms with Crippen molar-refractivity contribution < 1.29 is 17.9 Å². The maximum Gasteiger partial charge on any atom is 0.451 e. The van der Waals surface area contributed by atoms with Crippen LogP contribution in [-0.2, 0) is 17.3 Å². The van der Waals surface area contributed by atoms with Crippen LogP contribution in [0.1, 0.15) is 28.7 Å². The van der Waals surface area contributed by atoms with E-state index < -0.39 is 18.0 Å². The second kappa shape index (κ2) is 8.86. The number of hydrogen-bond acceptors (Lipinski definition) is 8. The first-order valence-corrected chi connectivity index (χ1v) is 11.7. The molecule has 0 unspecified atom stereocenters. The fourth-order valence-corrected chi connectivity index (χ4v) is 4.96. The van der Waals surface area contributed by atoms with Gasteiger partial charge < -0.3 is 19.5 Å². The van der Waals surface area contributed by atoms with Crippen LogP contribution in [0.25, 0.3) is 10.9 Å². The largest absolute Gasteiger partial charge is 0.451 e. The molecule has 0 aliphatic carbocycles. The number of H-pyrrole nitrogens is 1. The maximum absolute atomic E-state index is 13.4. The van der Waals surface area contributed by atoms with Gasteiger partial charge in [-0.15, -0.1) is 0 Å². The van der Waals surface area contributed by atoms with Crippen molar-refractivity contribution >= 4 is 34.4 Å². The van der Waals surface area contributed by atoms with Crippen molar-refractivity contribution in [2.24, 2.45) is 0 Å². The molecule has 2 aliphatic rings. The highest BCUT2D eigenvalue weighted by atomic mass is 35.5. The van der Waals surface area contributed by atoms with Gasteiger partial charge in [0.25, 0.3) is 0 Å². The fraction of sp³-hybridized carbons (Fsp3) is 0.348. The second-order valence-electron chi connectivity index (χ2n) is 8.58. The molecule has 6 rings (SSSR count). The zero-order valence-electron chi connectivity index (χ0n) is 18.8. The molecule has 1 fully saturated rings. The molecular formula is C23H20ClF3N8O. The van der Waals surface area contributed by atoms with Gasteiger partial charge in [-0.2, -0.15) is 18.2 Å². The van der Waals surface area contributed by atoms with E-state index >= 15 is 0 Å². The van der Waals surface area contributed by atoms with Gasteiger partial charge in [0.15, 0.2) is 0 Å². The number of aromatic nitrogens is 6. The van der Waals surface area contributed by atoms with E-state index in [2.05, 4.69) is 29.9 Å². The van der Waals surface area contributed by atoms with Crippen molar-refractivity contribution in [2.45, 2.75) is 18.6 Å². The number of nitrogens with one attached hydrogen (secondary N) is 1. The van der Waals surface area contributed by atoms with Crippen LogP contribution in [0.5, 0.6) is 0 Å². The van der Waals surface area contributed by atoms with E-state index in [1.165, 1.54) is 0 Å². The van der Waals surface area contributed by atoms with Gasteiger partial charge in [0.1, 0.15) is 12.4 Å². The normalized spacial score (nSPS) is 18.5. The van der Waals surface area contributed by atoms with Crippen LogP contribution in [0.3, 0.4) is 0 Å². The molecule has 0 bridgehead atoms. The Kier molecular flexibility index (Phi) is 5.64. The number of fused-ring (bicyclic) bond motifs is 3. The van der Waals surface area contributed by atoms with E-state index in [0.29, 0.717) is 55.8 Å². The Labute approximate surface area is 208 Å². The van der Waals surface area contributed by atoms with E-state index in [9.17, 15) is 13.2 Å². The molecule has 186 valence electrons. The number of hydrogen-bond donors (Lipinski definition) is 1. The summed E-state index contributed by atoms with van der Waals surface area (Å²) in [6, 6.07) is 5.03. The number of benzene rings is 1. The first-order chi connectivity index (χ1) is 17.4. The molecule has 3 aromatic heterocycles. The van der Waals surface area contributed by atoms with Gasteiger partial charge in [-0.05, 0) is 30.2 Å².